The van der Waals surface area contributed by atoms with Crippen molar-refractivity contribution >= 4 is 45.8 Å². The van der Waals surface area contributed by atoms with E-state index in [1.807, 2.05) is 6.92 Å². The number of fused-ring (bicyclic) bond motifs is 1. The molecule has 0 bridgehead atoms. The molecule has 0 saturated carbocycles. The molecule has 0 aliphatic rings. The molecule has 0 N–H and O–H groups in total. The fraction of sp³-hybridized carbons (Fsp3) is 0.118. The van der Waals surface area contributed by atoms with Crippen LogP contribution in [0.25, 0.3) is 22.2 Å². The van der Waals surface area contributed by atoms with E-state index in [1.54, 1.807) is 18.2 Å². The molecule has 0 saturated heterocycles. The topological polar surface area (TPSA) is 58.8 Å². The van der Waals surface area contributed by atoms with Gasteiger partial charge in [-0.2, -0.15) is 5.26 Å². The summed E-state index contributed by atoms with van der Waals surface area (Å²) < 4.78 is 5.32. The van der Waals surface area contributed by atoms with E-state index in [4.69, 9.17) is 39.5 Å². The molecule has 0 radical (unpaired) electrons. The molecule has 0 amide bonds. The predicted octanol–water partition coefficient (Wildman–Crippen LogP) is 5.45. The highest BCUT2D eigenvalue weighted by molar-refractivity contribution is 6.41. The molecule has 2 aromatic carbocycles. The summed E-state index contributed by atoms with van der Waals surface area (Å²) >= 11 is 19.0. The highest BCUT2D eigenvalue weighted by Crippen LogP contribution is 2.44. The van der Waals surface area contributed by atoms with Crippen molar-refractivity contribution < 1.29 is 4.74 Å². The van der Waals surface area contributed by atoms with Crippen LogP contribution in [0.1, 0.15) is 11.1 Å². The van der Waals surface area contributed by atoms with Gasteiger partial charge in [0.25, 0.3) is 0 Å². The second-order valence-corrected chi connectivity index (χ2v) is 6.20. The lowest BCUT2D eigenvalue weighted by Gasteiger charge is -2.15. The van der Waals surface area contributed by atoms with E-state index in [0.29, 0.717) is 43.5 Å². The Morgan fingerprint density at radius 2 is 1.88 bits per heavy atom. The molecule has 0 unspecified atom stereocenters. The maximum atomic E-state index is 9.28. The van der Waals surface area contributed by atoms with Gasteiger partial charge in [0, 0.05) is 11.1 Å². The quantitative estimate of drug-likeness (QED) is 0.595. The molecule has 3 aromatic rings. The summed E-state index contributed by atoms with van der Waals surface area (Å²) in [5.74, 6) is 0.501. The molecule has 1 aromatic heterocycles. The van der Waals surface area contributed by atoms with Gasteiger partial charge in [0.15, 0.2) is 0 Å². The van der Waals surface area contributed by atoms with Gasteiger partial charge in [0.05, 0.1) is 34.4 Å². The fourth-order valence-electron chi connectivity index (χ4n) is 2.49. The number of rotatable bonds is 2. The molecule has 0 aliphatic heterocycles. The van der Waals surface area contributed by atoms with Gasteiger partial charge in [-0.3, -0.25) is 0 Å². The number of aromatic nitrogens is 2. The van der Waals surface area contributed by atoms with Gasteiger partial charge in [0.1, 0.15) is 22.5 Å². The van der Waals surface area contributed by atoms with E-state index in [-0.39, 0.29) is 5.15 Å². The average molecular weight is 379 g/mol. The molecule has 0 aliphatic carbocycles. The molecule has 3 rings (SSSR count). The van der Waals surface area contributed by atoms with Crippen LogP contribution < -0.4 is 4.74 Å². The summed E-state index contributed by atoms with van der Waals surface area (Å²) in [6.45, 7) is 1.86. The summed E-state index contributed by atoms with van der Waals surface area (Å²) in [6, 6.07) is 7.25. The smallest absolute Gasteiger partial charge is 0.148 e. The van der Waals surface area contributed by atoms with Crippen molar-refractivity contribution in [1.82, 2.24) is 9.97 Å². The average Bonchev–Trinajstić information content (AvgIpc) is 2.58. The van der Waals surface area contributed by atoms with Gasteiger partial charge < -0.3 is 4.74 Å². The monoisotopic (exact) mass is 377 g/mol. The number of nitriles is 1. The Labute approximate surface area is 153 Å². The number of hydrogen-bond donors (Lipinski definition) is 0. The Morgan fingerprint density at radius 1 is 1.12 bits per heavy atom. The van der Waals surface area contributed by atoms with E-state index < -0.39 is 0 Å². The molecule has 0 fully saturated rings. The highest BCUT2D eigenvalue weighted by atomic mass is 35.5. The molecule has 0 atom stereocenters. The van der Waals surface area contributed by atoms with Crippen LogP contribution in [0.2, 0.25) is 15.2 Å². The summed E-state index contributed by atoms with van der Waals surface area (Å²) in [5, 5.41) is 10.3. The SMILES string of the molecule is COc1cc(C)c(Cl)c(-c2ccc(C#N)c3ncc(Cl)nc23)c1Cl. The van der Waals surface area contributed by atoms with E-state index in [1.165, 1.54) is 13.3 Å². The zero-order valence-corrected chi connectivity index (χ0v) is 15.0. The number of nitrogens with zero attached hydrogens (tertiary/aromatic N) is 3. The lowest BCUT2D eigenvalue weighted by Crippen LogP contribution is -1.95. The number of aryl methyl sites for hydroxylation is 1. The van der Waals surface area contributed by atoms with Gasteiger partial charge in [-0.05, 0) is 24.6 Å². The summed E-state index contributed by atoms with van der Waals surface area (Å²) in [7, 11) is 1.53. The first-order chi connectivity index (χ1) is 11.5. The summed E-state index contributed by atoms with van der Waals surface area (Å²) in [6.07, 6.45) is 1.40. The van der Waals surface area contributed by atoms with Crippen molar-refractivity contribution in [3.8, 4) is 22.9 Å². The predicted molar refractivity (Wildman–Crippen MR) is 96.0 cm³/mol. The Morgan fingerprint density at radius 3 is 2.54 bits per heavy atom. The van der Waals surface area contributed by atoms with Crippen molar-refractivity contribution in [1.29, 1.82) is 5.26 Å². The Hall–Kier alpha value is -2.06. The first-order valence-corrected chi connectivity index (χ1v) is 7.99. The third-order valence-corrected chi connectivity index (χ3v) is 4.67. The Bertz CT molecular complexity index is 1010. The van der Waals surface area contributed by atoms with Crippen molar-refractivity contribution in [3.05, 3.63) is 50.7 Å². The Kier molecular flexibility index (Phi) is 4.51. The van der Waals surface area contributed by atoms with Crippen molar-refractivity contribution in [3.63, 3.8) is 0 Å². The molecule has 4 nitrogen and oxygen atoms in total. The van der Waals surface area contributed by atoms with Crippen molar-refractivity contribution in [2.75, 3.05) is 7.11 Å². The fourth-order valence-corrected chi connectivity index (χ4v) is 3.25. The largest absolute Gasteiger partial charge is 0.495 e. The molecular weight excluding hydrogens is 369 g/mol. The van der Waals surface area contributed by atoms with Crippen LogP contribution in [-0.2, 0) is 0 Å². The van der Waals surface area contributed by atoms with Gasteiger partial charge >= 0.3 is 0 Å². The molecule has 24 heavy (non-hydrogen) atoms. The van der Waals surface area contributed by atoms with Gasteiger partial charge in [-0.25, -0.2) is 9.97 Å². The summed E-state index contributed by atoms with van der Waals surface area (Å²) in [5.41, 5.74) is 3.30. The van der Waals surface area contributed by atoms with Crippen LogP contribution in [-0.4, -0.2) is 17.1 Å². The number of ether oxygens (including phenoxy) is 1. The van der Waals surface area contributed by atoms with Crippen LogP contribution in [0.3, 0.4) is 0 Å². The standard InChI is InChI=1S/C17H10Cl3N3O/c1-8-5-11(24-2)15(20)13(14(8)19)10-4-3-9(6-21)16-17(10)23-12(18)7-22-16/h3-5,7H,1-2H3. The van der Waals surface area contributed by atoms with E-state index in [9.17, 15) is 5.26 Å². The maximum Gasteiger partial charge on any atom is 0.148 e. The molecule has 1 heterocycles. The van der Waals surface area contributed by atoms with Gasteiger partial charge in [-0.1, -0.05) is 40.9 Å². The van der Waals surface area contributed by atoms with Gasteiger partial charge in [-0.15, -0.1) is 0 Å². The minimum absolute atomic E-state index is 0.214. The number of hydrogen-bond acceptors (Lipinski definition) is 4. The van der Waals surface area contributed by atoms with Crippen LogP contribution in [0, 0.1) is 18.3 Å². The maximum absolute atomic E-state index is 9.28. The first kappa shape index (κ1) is 16.8. The van der Waals surface area contributed by atoms with Crippen LogP contribution in [0.15, 0.2) is 24.4 Å². The Balaban J connectivity index is 2.47. The number of methoxy groups -OCH3 is 1. The normalized spacial score (nSPS) is 10.7. The van der Waals surface area contributed by atoms with Crippen LogP contribution in [0.5, 0.6) is 5.75 Å². The third-order valence-electron chi connectivity index (χ3n) is 3.63. The highest BCUT2D eigenvalue weighted by Gasteiger charge is 2.20. The minimum Gasteiger partial charge on any atom is -0.495 e. The number of benzene rings is 2. The van der Waals surface area contributed by atoms with E-state index in [2.05, 4.69) is 16.0 Å². The summed E-state index contributed by atoms with van der Waals surface area (Å²) in [4.78, 5) is 8.55. The van der Waals surface area contributed by atoms with Crippen molar-refractivity contribution in [2.24, 2.45) is 0 Å². The molecular formula is C17H10Cl3N3O. The molecule has 7 heteroatoms. The second-order valence-electron chi connectivity index (χ2n) is 5.06. The van der Waals surface area contributed by atoms with E-state index >= 15 is 0 Å². The van der Waals surface area contributed by atoms with Crippen molar-refractivity contribution in [2.45, 2.75) is 6.92 Å². The third kappa shape index (κ3) is 2.65. The molecule has 0 spiro atoms. The zero-order valence-electron chi connectivity index (χ0n) is 12.7. The number of halogens is 3. The first-order valence-electron chi connectivity index (χ1n) is 6.86. The van der Waals surface area contributed by atoms with Crippen LogP contribution in [0.4, 0.5) is 0 Å². The van der Waals surface area contributed by atoms with E-state index in [0.717, 1.165) is 5.56 Å². The second kappa shape index (κ2) is 6.45. The zero-order chi connectivity index (χ0) is 17.4. The lowest BCUT2D eigenvalue weighted by atomic mass is 9.99. The minimum atomic E-state index is 0.214. The van der Waals surface area contributed by atoms with Gasteiger partial charge in [0.2, 0.25) is 0 Å². The lowest BCUT2D eigenvalue weighted by molar-refractivity contribution is 0.415. The van der Waals surface area contributed by atoms with Crippen LogP contribution >= 0.6 is 34.8 Å². The molecule has 120 valence electrons.